The molecule has 102 valence electrons. The van der Waals surface area contributed by atoms with Gasteiger partial charge in [0.2, 0.25) is 0 Å². The van der Waals surface area contributed by atoms with Crippen molar-refractivity contribution in [3.8, 4) is 11.5 Å². The molecule has 0 radical (unpaired) electrons. The summed E-state index contributed by atoms with van der Waals surface area (Å²) in [6, 6.07) is 3.73. The number of phenols is 2. The summed E-state index contributed by atoms with van der Waals surface area (Å²) in [6.45, 7) is 12.7. The van der Waals surface area contributed by atoms with Crippen LogP contribution in [0.15, 0.2) is 12.1 Å². The first-order chi connectivity index (χ1) is 8.15. The lowest BCUT2D eigenvalue weighted by Crippen LogP contribution is -2.20. The number of rotatable bonds is 4. The lowest BCUT2D eigenvalue weighted by Gasteiger charge is -2.29. The molecule has 0 bridgehead atoms. The van der Waals surface area contributed by atoms with Gasteiger partial charge in [-0.2, -0.15) is 0 Å². The second-order valence-corrected chi connectivity index (χ2v) is 6.37. The van der Waals surface area contributed by atoms with Gasteiger partial charge < -0.3 is 10.2 Å². The summed E-state index contributed by atoms with van der Waals surface area (Å²) in [5.74, 6) is 0.0167. The van der Waals surface area contributed by atoms with Crippen LogP contribution in [-0.2, 0) is 10.8 Å². The molecule has 0 aliphatic carbocycles. The molecule has 2 N–H and O–H groups in total. The van der Waals surface area contributed by atoms with E-state index in [9.17, 15) is 10.2 Å². The van der Waals surface area contributed by atoms with Gasteiger partial charge in [-0.15, -0.1) is 0 Å². The second kappa shape index (κ2) is 4.83. The molecule has 0 saturated heterocycles. The van der Waals surface area contributed by atoms with Crippen LogP contribution in [0.3, 0.4) is 0 Å². The van der Waals surface area contributed by atoms with Gasteiger partial charge in [-0.3, -0.25) is 0 Å². The maximum atomic E-state index is 10.1. The molecule has 0 heterocycles. The summed E-state index contributed by atoms with van der Waals surface area (Å²) in [7, 11) is 0. The number of aromatic hydroxyl groups is 2. The van der Waals surface area contributed by atoms with E-state index in [1.807, 2.05) is 6.07 Å². The van der Waals surface area contributed by atoms with Crippen LogP contribution in [0, 0.1) is 0 Å². The van der Waals surface area contributed by atoms with Gasteiger partial charge in [0.1, 0.15) is 0 Å². The summed E-state index contributed by atoms with van der Waals surface area (Å²) < 4.78 is 0. The van der Waals surface area contributed by atoms with E-state index in [0.717, 1.165) is 24.0 Å². The predicted octanol–water partition coefficient (Wildman–Crippen LogP) is 4.47. The van der Waals surface area contributed by atoms with Crippen molar-refractivity contribution in [3.05, 3.63) is 23.3 Å². The molecule has 1 aromatic carbocycles. The Morgan fingerprint density at radius 3 is 1.83 bits per heavy atom. The van der Waals surface area contributed by atoms with Gasteiger partial charge >= 0.3 is 0 Å². The molecule has 2 nitrogen and oxygen atoms in total. The average Bonchev–Trinajstić information content (AvgIpc) is 2.31. The number of phenolic OH excluding ortho intramolecular Hbond substituents is 2. The maximum absolute atomic E-state index is 10.1. The van der Waals surface area contributed by atoms with Crippen LogP contribution in [0.5, 0.6) is 11.5 Å². The summed E-state index contributed by atoms with van der Waals surface area (Å²) in [4.78, 5) is 0. The second-order valence-electron chi connectivity index (χ2n) is 6.37. The van der Waals surface area contributed by atoms with Crippen LogP contribution in [-0.4, -0.2) is 10.2 Å². The first-order valence-electron chi connectivity index (χ1n) is 6.72. The van der Waals surface area contributed by atoms with Gasteiger partial charge in [-0.05, 0) is 35.3 Å². The zero-order chi connectivity index (χ0) is 14.1. The topological polar surface area (TPSA) is 40.5 Å². The SMILES string of the molecule is CCC(C)(C)c1cc(O)c(O)c(C(C)(C)CC)c1. The van der Waals surface area contributed by atoms with Crippen molar-refractivity contribution in [2.75, 3.05) is 0 Å². The Bertz CT molecular complexity index is 431. The van der Waals surface area contributed by atoms with Crippen LogP contribution in [0.1, 0.15) is 65.5 Å². The minimum atomic E-state index is -0.138. The fourth-order valence-electron chi connectivity index (χ4n) is 1.92. The molecule has 0 fully saturated rings. The van der Waals surface area contributed by atoms with E-state index in [1.54, 1.807) is 6.07 Å². The van der Waals surface area contributed by atoms with Crippen LogP contribution < -0.4 is 0 Å². The molecular weight excluding hydrogens is 224 g/mol. The highest BCUT2D eigenvalue weighted by molar-refractivity contribution is 5.52. The summed E-state index contributed by atoms with van der Waals surface area (Å²) in [5, 5.41) is 20.0. The molecule has 0 aliphatic heterocycles. The smallest absolute Gasteiger partial charge is 0.161 e. The van der Waals surface area contributed by atoms with Crippen molar-refractivity contribution >= 4 is 0 Å². The third-order valence-corrected chi connectivity index (χ3v) is 4.37. The molecule has 0 atom stereocenters. The highest BCUT2D eigenvalue weighted by atomic mass is 16.3. The van der Waals surface area contributed by atoms with Crippen molar-refractivity contribution in [1.82, 2.24) is 0 Å². The largest absolute Gasteiger partial charge is 0.504 e. The first kappa shape index (κ1) is 14.9. The Morgan fingerprint density at radius 1 is 0.889 bits per heavy atom. The lowest BCUT2D eigenvalue weighted by atomic mass is 9.76. The molecule has 0 saturated carbocycles. The number of hydrogen-bond acceptors (Lipinski definition) is 2. The first-order valence-corrected chi connectivity index (χ1v) is 6.72. The van der Waals surface area contributed by atoms with E-state index >= 15 is 0 Å². The van der Waals surface area contributed by atoms with Crippen molar-refractivity contribution in [1.29, 1.82) is 0 Å². The van der Waals surface area contributed by atoms with Gasteiger partial charge in [0.15, 0.2) is 11.5 Å². The van der Waals surface area contributed by atoms with Gasteiger partial charge in [-0.25, -0.2) is 0 Å². The predicted molar refractivity (Wildman–Crippen MR) is 76.4 cm³/mol. The Hall–Kier alpha value is -1.18. The van der Waals surface area contributed by atoms with E-state index in [1.165, 1.54) is 0 Å². The zero-order valence-corrected chi connectivity index (χ0v) is 12.5. The maximum Gasteiger partial charge on any atom is 0.161 e. The van der Waals surface area contributed by atoms with E-state index in [4.69, 9.17) is 0 Å². The molecule has 0 unspecified atom stereocenters. The van der Waals surface area contributed by atoms with Gasteiger partial charge in [0.25, 0.3) is 0 Å². The number of benzene rings is 1. The average molecular weight is 250 g/mol. The monoisotopic (exact) mass is 250 g/mol. The van der Waals surface area contributed by atoms with E-state index < -0.39 is 0 Å². The lowest BCUT2D eigenvalue weighted by molar-refractivity contribution is 0.378. The molecular formula is C16H26O2. The molecule has 2 heteroatoms. The molecule has 0 aromatic heterocycles. The third-order valence-electron chi connectivity index (χ3n) is 4.37. The zero-order valence-electron chi connectivity index (χ0n) is 12.5. The van der Waals surface area contributed by atoms with Gasteiger partial charge in [0, 0.05) is 5.56 Å². The van der Waals surface area contributed by atoms with E-state index in [-0.39, 0.29) is 22.3 Å². The fourth-order valence-corrected chi connectivity index (χ4v) is 1.92. The highest BCUT2D eigenvalue weighted by Crippen LogP contribution is 2.42. The van der Waals surface area contributed by atoms with Crippen LogP contribution >= 0.6 is 0 Å². The van der Waals surface area contributed by atoms with Gasteiger partial charge in [-0.1, -0.05) is 47.6 Å². The third kappa shape index (κ3) is 2.63. The van der Waals surface area contributed by atoms with Crippen LogP contribution in [0.25, 0.3) is 0 Å². The molecule has 1 rings (SSSR count). The van der Waals surface area contributed by atoms with Crippen molar-refractivity contribution in [2.24, 2.45) is 0 Å². The Balaban J connectivity index is 3.46. The highest BCUT2D eigenvalue weighted by Gasteiger charge is 2.27. The van der Waals surface area contributed by atoms with Crippen LogP contribution in [0.2, 0.25) is 0 Å². The van der Waals surface area contributed by atoms with Crippen LogP contribution in [0.4, 0.5) is 0 Å². The Morgan fingerprint density at radius 2 is 1.39 bits per heavy atom. The number of hydrogen-bond donors (Lipinski definition) is 2. The van der Waals surface area contributed by atoms with Crippen molar-refractivity contribution < 1.29 is 10.2 Å². The fraction of sp³-hybridized carbons (Fsp3) is 0.625. The Labute approximate surface area is 111 Å². The molecule has 0 amide bonds. The standard InChI is InChI=1S/C16H26O2/c1-7-15(3,4)11-9-12(16(5,6)8-2)14(18)13(17)10-11/h9-10,17-18H,7-8H2,1-6H3. The van der Waals surface area contributed by atoms with Crippen molar-refractivity contribution in [3.63, 3.8) is 0 Å². The normalized spacial score (nSPS) is 12.8. The molecule has 1 aromatic rings. The summed E-state index contributed by atoms with van der Waals surface area (Å²) >= 11 is 0. The summed E-state index contributed by atoms with van der Waals surface area (Å²) in [6.07, 6.45) is 1.90. The van der Waals surface area contributed by atoms with E-state index in [0.29, 0.717) is 0 Å². The van der Waals surface area contributed by atoms with Gasteiger partial charge in [0.05, 0.1) is 0 Å². The molecule has 18 heavy (non-hydrogen) atoms. The minimum absolute atomic E-state index is 0.00372. The minimum Gasteiger partial charge on any atom is -0.504 e. The molecule has 0 spiro atoms. The Kier molecular flexibility index (Phi) is 3.99. The quantitative estimate of drug-likeness (QED) is 0.774. The van der Waals surface area contributed by atoms with Crippen molar-refractivity contribution in [2.45, 2.75) is 65.2 Å². The molecule has 0 aliphatic rings. The summed E-state index contributed by atoms with van der Waals surface area (Å²) in [5.41, 5.74) is 1.78. The van der Waals surface area contributed by atoms with E-state index in [2.05, 4.69) is 41.5 Å².